The molecule has 1 aliphatic rings. The lowest BCUT2D eigenvalue weighted by Gasteiger charge is -2.43. The van der Waals surface area contributed by atoms with E-state index in [1.165, 1.54) is 13.8 Å². The summed E-state index contributed by atoms with van der Waals surface area (Å²) in [6, 6.07) is 6.94. The third-order valence-corrected chi connectivity index (χ3v) is 4.73. The highest BCUT2D eigenvalue weighted by Crippen LogP contribution is 2.31. The topological polar surface area (TPSA) is 124 Å². The summed E-state index contributed by atoms with van der Waals surface area (Å²) in [7, 11) is 0. The molecule has 1 heterocycles. The Labute approximate surface area is 192 Å². The van der Waals surface area contributed by atoms with Crippen LogP contribution in [0.25, 0.3) is 0 Å². The fourth-order valence-electron chi connectivity index (χ4n) is 2.93. The van der Waals surface area contributed by atoms with Gasteiger partial charge in [-0.3, -0.25) is 19.2 Å². The summed E-state index contributed by atoms with van der Waals surface area (Å²) in [5.41, 5.74) is 0. The summed E-state index contributed by atoms with van der Waals surface area (Å²) in [6.45, 7) is 4.36. The minimum Gasteiger partial charge on any atom is -0.463 e. The van der Waals surface area contributed by atoms with Crippen LogP contribution in [-0.2, 0) is 42.9 Å². The second-order valence-electron chi connectivity index (χ2n) is 6.64. The molecule has 11 heteroatoms. The van der Waals surface area contributed by atoms with E-state index in [1.807, 2.05) is 0 Å². The van der Waals surface area contributed by atoms with Crippen molar-refractivity contribution in [3.63, 3.8) is 0 Å². The predicted molar refractivity (Wildman–Crippen MR) is 112 cm³/mol. The number of halogens is 1. The third-order valence-electron chi connectivity index (χ3n) is 4.01. The quantitative estimate of drug-likeness (QED) is 0.282. The Bertz CT molecular complexity index is 809. The standard InChI is InChI=1S/C20H23IO10/c1-10(22)26-9-16-17(27-11(2)23)18(28-12(3)24)19(29-13(4)25)20(31-16)30-15-7-5-14(21)6-8-15/h5-8,16-20H,9H2,1-4H3/t16-,17-,18+,19-,20+/m1/s1. The van der Waals surface area contributed by atoms with Crippen molar-refractivity contribution in [3.8, 4) is 5.75 Å². The Morgan fingerprint density at radius 2 is 1.32 bits per heavy atom. The molecule has 0 saturated carbocycles. The van der Waals surface area contributed by atoms with Gasteiger partial charge in [0.2, 0.25) is 12.4 Å². The zero-order valence-electron chi connectivity index (χ0n) is 17.4. The van der Waals surface area contributed by atoms with Gasteiger partial charge >= 0.3 is 23.9 Å². The highest BCUT2D eigenvalue weighted by Gasteiger charge is 2.53. The average Bonchev–Trinajstić information content (AvgIpc) is 2.65. The number of carbonyl (C=O) groups excluding carboxylic acids is 4. The van der Waals surface area contributed by atoms with Crippen LogP contribution in [0.3, 0.4) is 0 Å². The molecule has 0 aromatic heterocycles. The van der Waals surface area contributed by atoms with Crippen molar-refractivity contribution >= 4 is 46.5 Å². The van der Waals surface area contributed by atoms with E-state index in [-0.39, 0.29) is 6.61 Å². The van der Waals surface area contributed by atoms with E-state index in [4.69, 9.17) is 28.4 Å². The molecular weight excluding hydrogens is 527 g/mol. The Morgan fingerprint density at radius 1 is 0.806 bits per heavy atom. The monoisotopic (exact) mass is 550 g/mol. The maximum atomic E-state index is 11.8. The van der Waals surface area contributed by atoms with Crippen molar-refractivity contribution in [2.45, 2.75) is 58.4 Å². The minimum atomic E-state index is -1.27. The first-order valence-corrected chi connectivity index (χ1v) is 10.4. The number of esters is 4. The van der Waals surface area contributed by atoms with Crippen molar-refractivity contribution in [2.75, 3.05) is 6.61 Å². The van der Waals surface area contributed by atoms with Gasteiger partial charge in [-0.1, -0.05) is 0 Å². The Morgan fingerprint density at radius 3 is 1.84 bits per heavy atom. The molecule has 31 heavy (non-hydrogen) atoms. The molecule has 1 aliphatic heterocycles. The Kier molecular flexibility index (Phi) is 9.04. The van der Waals surface area contributed by atoms with E-state index in [1.54, 1.807) is 24.3 Å². The highest BCUT2D eigenvalue weighted by atomic mass is 127. The lowest BCUT2D eigenvalue weighted by Crippen LogP contribution is -2.63. The van der Waals surface area contributed by atoms with Crippen molar-refractivity contribution in [1.29, 1.82) is 0 Å². The number of hydrogen-bond acceptors (Lipinski definition) is 10. The van der Waals surface area contributed by atoms with Gasteiger partial charge in [-0.15, -0.1) is 0 Å². The second kappa shape index (κ2) is 11.3. The van der Waals surface area contributed by atoms with E-state index in [2.05, 4.69) is 22.6 Å². The average molecular weight is 550 g/mol. The number of ether oxygens (including phenoxy) is 6. The van der Waals surface area contributed by atoms with Gasteiger partial charge < -0.3 is 28.4 Å². The van der Waals surface area contributed by atoms with Crippen molar-refractivity contribution in [3.05, 3.63) is 27.8 Å². The van der Waals surface area contributed by atoms with Crippen LogP contribution < -0.4 is 4.74 Å². The summed E-state index contributed by atoms with van der Waals surface area (Å²) < 4.78 is 33.7. The molecule has 2 rings (SSSR count). The van der Waals surface area contributed by atoms with Crippen molar-refractivity contribution in [1.82, 2.24) is 0 Å². The van der Waals surface area contributed by atoms with Crippen LogP contribution >= 0.6 is 22.6 Å². The molecule has 0 unspecified atom stereocenters. The number of hydrogen-bond donors (Lipinski definition) is 0. The van der Waals surface area contributed by atoms with Crippen LogP contribution in [0, 0.1) is 3.57 Å². The van der Waals surface area contributed by atoms with Crippen molar-refractivity contribution < 1.29 is 47.6 Å². The van der Waals surface area contributed by atoms with Gasteiger partial charge in [0, 0.05) is 31.3 Å². The van der Waals surface area contributed by atoms with Crippen LogP contribution in [0.5, 0.6) is 5.75 Å². The first-order chi connectivity index (χ1) is 14.6. The molecule has 5 atom stereocenters. The SMILES string of the molecule is CC(=O)OC[C@H]1O[C@H](Oc2ccc(I)cc2)[C@H](OC(C)=O)[C@@H](OC(C)=O)[C@@H]1OC(C)=O. The number of benzene rings is 1. The van der Waals surface area contributed by atoms with Gasteiger partial charge in [-0.25, -0.2) is 0 Å². The van der Waals surface area contributed by atoms with Gasteiger partial charge in [-0.2, -0.15) is 0 Å². The van der Waals surface area contributed by atoms with Crippen LogP contribution in [0.4, 0.5) is 0 Å². The highest BCUT2D eigenvalue weighted by molar-refractivity contribution is 14.1. The Hall–Kier alpha value is -2.41. The van der Waals surface area contributed by atoms with E-state index in [9.17, 15) is 19.2 Å². The summed E-state index contributed by atoms with van der Waals surface area (Å²) in [6.07, 6.45) is -6.06. The molecule has 0 N–H and O–H groups in total. The molecule has 170 valence electrons. The van der Waals surface area contributed by atoms with E-state index in [0.717, 1.165) is 17.4 Å². The molecule has 0 spiro atoms. The summed E-state index contributed by atoms with van der Waals surface area (Å²) in [4.78, 5) is 46.5. The molecule has 1 aromatic carbocycles. The largest absolute Gasteiger partial charge is 0.463 e. The molecule has 0 aliphatic carbocycles. The molecule has 0 amide bonds. The van der Waals surface area contributed by atoms with Crippen molar-refractivity contribution in [2.24, 2.45) is 0 Å². The van der Waals surface area contributed by atoms with E-state index >= 15 is 0 Å². The summed E-state index contributed by atoms with van der Waals surface area (Å²) in [5.74, 6) is -2.30. The fourth-order valence-corrected chi connectivity index (χ4v) is 3.29. The number of carbonyl (C=O) groups is 4. The zero-order valence-corrected chi connectivity index (χ0v) is 19.5. The lowest BCUT2D eigenvalue weighted by molar-refractivity contribution is -0.288. The third kappa shape index (κ3) is 7.65. The molecule has 0 radical (unpaired) electrons. The molecule has 1 fully saturated rings. The minimum absolute atomic E-state index is 0.315. The summed E-state index contributed by atoms with van der Waals surface area (Å²) in [5, 5.41) is 0. The molecule has 1 saturated heterocycles. The van der Waals surface area contributed by atoms with Crippen LogP contribution in [0.15, 0.2) is 24.3 Å². The van der Waals surface area contributed by atoms with Crippen LogP contribution in [0.1, 0.15) is 27.7 Å². The smallest absolute Gasteiger partial charge is 0.303 e. The van der Waals surface area contributed by atoms with Gasteiger partial charge in [-0.05, 0) is 46.9 Å². The normalized spacial score (nSPS) is 25.1. The maximum Gasteiger partial charge on any atom is 0.303 e. The maximum absolute atomic E-state index is 11.8. The number of rotatable bonds is 7. The van der Waals surface area contributed by atoms with Crippen LogP contribution in [-0.4, -0.2) is 61.2 Å². The summed E-state index contributed by atoms with van der Waals surface area (Å²) >= 11 is 2.13. The second-order valence-corrected chi connectivity index (χ2v) is 7.89. The zero-order chi connectivity index (χ0) is 23.1. The molecular formula is C20H23IO10. The lowest BCUT2D eigenvalue weighted by atomic mass is 9.98. The molecule has 1 aromatic rings. The Balaban J connectivity index is 2.43. The van der Waals surface area contributed by atoms with Crippen LogP contribution in [0.2, 0.25) is 0 Å². The van der Waals surface area contributed by atoms with E-state index < -0.39 is 54.6 Å². The molecule has 0 bridgehead atoms. The van der Waals surface area contributed by atoms with Gasteiger partial charge in [0.05, 0.1) is 0 Å². The first-order valence-electron chi connectivity index (χ1n) is 9.29. The first kappa shape index (κ1) is 24.9. The predicted octanol–water partition coefficient (Wildman–Crippen LogP) is 1.75. The fraction of sp³-hybridized carbons (Fsp3) is 0.500. The van der Waals surface area contributed by atoms with Gasteiger partial charge in [0.25, 0.3) is 0 Å². The molecule has 10 nitrogen and oxygen atoms in total. The van der Waals surface area contributed by atoms with Gasteiger partial charge in [0.15, 0.2) is 12.2 Å². The van der Waals surface area contributed by atoms with E-state index in [0.29, 0.717) is 5.75 Å². The van der Waals surface area contributed by atoms with Gasteiger partial charge in [0.1, 0.15) is 18.5 Å².